The molecule has 0 spiro atoms. The monoisotopic (exact) mass is 533 g/mol. The maximum Gasteiger partial charge on any atom is 0.306 e. The number of fused-ring (bicyclic) bond motifs is 5. The number of ketones is 2. The van der Waals surface area contributed by atoms with E-state index in [1.807, 2.05) is 13.0 Å². The Kier molecular flexibility index (Phi) is 8.50. The molecular formula is C29H43NO8. The first-order valence-electron chi connectivity index (χ1n) is 14.0. The Morgan fingerprint density at radius 1 is 1.03 bits per heavy atom. The van der Waals surface area contributed by atoms with Crippen molar-refractivity contribution in [2.24, 2.45) is 28.6 Å². The highest BCUT2D eigenvalue weighted by molar-refractivity contribution is 5.92. The lowest BCUT2D eigenvalue weighted by molar-refractivity contribution is -0.170. The summed E-state index contributed by atoms with van der Waals surface area (Å²) in [7, 11) is 2.92. The maximum absolute atomic E-state index is 13.3. The molecule has 4 aliphatic carbocycles. The van der Waals surface area contributed by atoms with Crippen LogP contribution in [0.25, 0.3) is 0 Å². The van der Waals surface area contributed by atoms with Crippen LogP contribution in [-0.4, -0.2) is 67.8 Å². The second-order valence-electron chi connectivity index (χ2n) is 12.1. The maximum atomic E-state index is 13.3. The van der Waals surface area contributed by atoms with E-state index >= 15 is 0 Å². The number of hydrogen-bond donors (Lipinski definition) is 2. The SMILES string of the molecule is COC(CNC(=O)CCC(=O)OCC(=O)[C@@]1(O)CC[C@@H]2[C@H]3CCC4=CC(=O)CC[C@]4(C)[C@H]3CC[C@@]21C)OC. The number of carbonyl (C=O) groups excluding carboxylic acids is 4. The van der Waals surface area contributed by atoms with Crippen LogP contribution in [0.5, 0.6) is 0 Å². The summed E-state index contributed by atoms with van der Waals surface area (Å²) in [5.41, 5.74) is -0.784. The van der Waals surface area contributed by atoms with Crippen LogP contribution < -0.4 is 5.32 Å². The van der Waals surface area contributed by atoms with Crippen LogP contribution in [0.2, 0.25) is 0 Å². The highest BCUT2D eigenvalue weighted by Gasteiger charge is 2.66. The molecule has 3 saturated carbocycles. The molecule has 0 bridgehead atoms. The first-order valence-corrected chi connectivity index (χ1v) is 14.0. The van der Waals surface area contributed by atoms with E-state index in [0.29, 0.717) is 24.7 Å². The summed E-state index contributed by atoms with van der Waals surface area (Å²) in [6.45, 7) is 4.01. The topological polar surface area (TPSA) is 128 Å². The molecule has 1 amide bonds. The molecule has 2 N–H and O–H groups in total. The number of allylic oxidation sites excluding steroid dienone is 1. The number of nitrogens with one attached hydrogen (secondary N) is 1. The second kappa shape index (κ2) is 11.2. The summed E-state index contributed by atoms with van der Waals surface area (Å²) in [6.07, 6.45) is 7.23. The van der Waals surface area contributed by atoms with Gasteiger partial charge in [-0.3, -0.25) is 19.2 Å². The Balaban J connectivity index is 1.33. The second-order valence-corrected chi connectivity index (χ2v) is 12.1. The van der Waals surface area contributed by atoms with Crippen molar-refractivity contribution in [2.45, 2.75) is 89.9 Å². The third kappa shape index (κ3) is 5.09. The summed E-state index contributed by atoms with van der Waals surface area (Å²) < 4.78 is 15.2. The smallest absolute Gasteiger partial charge is 0.306 e. The van der Waals surface area contributed by atoms with Gasteiger partial charge in [-0.15, -0.1) is 0 Å². The number of Topliss-reactive ketones (excluding diaryl/α,β-unsaturated/α-hetero) is 1. The van der Waals surface area contributed by atoms with E-state index in [4.69, 9.17) is 14.2 Å². The average Bonchev–Trinajstić information content (AvgIpc) is 3.18. The van der Waals surface area contributed by atoms with E-state index in [-0.39, 0.29) is 42.4 Å². The summed E-state index contributed by atoms with van der Waals surface area (Å²) in [6, 6.07) is 0. The molecular weight excluding hydrogens is 490 g/mol. The molecule has 0 aromatic heterocycles. The van der Waals surface area contributed by atoms with Gasteiger partial charge in [0.25, 0.3) is 0 Å². The minimum atomic E-state index is -1.53. The summed E-state index contributed by atoms with van der Waals surface area (Å²) >= 11 is 0. The zero-order valence-corrected chi connectivity index (χ0v) is 23.2. The zero-order chi connectivity index (χ0) is 27.7. The van der Waals surface area contributed by atoms with Gasteiger partial charge in [0.15, 0.2) is 18.7 Å². The minimum absolute atomic E-state index is 0.0265. The molecule has 3 fully saturated rings. The predicted octanol–water partition coefficient (Wildman–Crippen LogP) is 2.88. The van der Waals surface area contributed by atoms with E-state index in [2.05, 4.69) is 12.2 Å². The van der Waals surface area contributed by atoms with E-state index in [0.717, 1.165) is 38.5 Å². The first-order chi connectivity index (χ1) is 18.0. The molecule has 4 rings (SSSR count). The zero-order valence-electron chi connectivity index (χ0n) is 23.2. The first kappa shape index (κ1) is 28.9. The van der Waals surface area contributed by atoms with Gasteiger partial charge >= 0.3 is 5.97 Å². The number of amides is 1. The number of methoxy groups -OCH3 is 2. The molecule has 0 radical (unpaired) electrons. The van der Waals surface area contributed by atoms with Crippen molar-refractivity contribution in [2.75, 3.05) is 27.4 Å². The molecule has 0 aromatic carbocycles. The van der Waals surface area contributed by atoms with Gasteiger partial charge < -0.3 is 24.6 Å². The van der Waals surface area contributed by atoms with E-state index in [1.165, 1.54) is 19.8 Å². The quantitative estimate of drug-likeness (QED) is 0.324. The van der Waals surface area contributed by atoms with Gasteiger partial charge in [-0.2, -0.15) is 0 Å². The van der Waals surface area contributed by atoms with Crippen molar-refractivity contribution < 1.29 is 38.5 Å². The fourth-order valence-electron chi connectivity index (χ4n) is 8.14. The minimum Gasteiger partial charge on any atom is -0.458 e. The lowest BCUT2D eigenvalue weighted by atomic mass is 9.46. The molecule has 212 valence electrons. The Hall–Kier alpha value is -2.10. The molecule has 38 heavy (non-hydrogen) atoms. The van der Waals surface area contributed by atoms with Crippen molar-refractivity contribution in [3.63, 3.8) is 0 Å². The largest absolute Gasteiger partial charge is 0.458 e. The van der Waals surface area contributed by atoms with Crippen molar-refractivity contribution in [1.29, 1.82) is 0 Å². The van der Waals surface area contributed by atoms with Crippen LogP contribution in [-0.2, 0) is 33.4 Å². The third-order valence-corrected chi connectivity index (χ3v) is 10.5. The van der Waals surface area contributed by atoms with Crippen LogP contribution in [0.1, 0.15) is 78.1 Å². The van der Waals surface area contributed by atoms with Crippen molar-refractivity contribution in [1.82, 2.24) is 5.32 Å². The third-order valence-electron chi connectivity index (χ3n) is 10.5. The standard InChI is InChI=1S/C29H43NO8/c1-27-12-9-19(31)15-18(27)5-6-20-21(27)10-13-28(2)22(20)11-14-29(28,35)23(32)17-38-25(34)8-7-24(33)30-16-26(36-3)37-4/h15,20-22,26,35H,5-14,16-17H2,1-4H3,(H,30,33)/t20-,21-,22+,27-,28-,29-/m0/s1. The normalized spacial score (nSPS) is 36.1. The molecule has 0 aliphatic heterocycles. The number of esters is 1. The number of aliphatic hydroxyl groups is 1. The van der Waals surface area contributed by atoms with Crippen molar-refractivity contribution in [3.05, 3.63) is 11.6 Å². The molecule has 0 saturated heterocycles. The number of hydrogen-bond acceptors (Lipinski definition) is 8. The molecule has 0 aromatic rings. The van der Waals surface area contributed by atoms with Gasteiger partial charge in [-0.1, -0.05) is 19.4 Å². The predicted molar refractivity (Wildman–Crippen MR) is 138 cm³/mol. The fourth-order valence-corrected chi connectivity index (χ4v) is 8.14. The van der Waals surface area contributed by atoms with Gasteiger partial charge in [0.05, 0.1) is 13.0 Å². The number of ether oxygens (including phenoxy) is 3. The number of carbonyl (C=O) groups is 4. The Morgan fingerprint density at radius 2 is 1.74 bits per heavy atom. The Morgan fingerprint density at radius 3 is 2.45 bits per heavy atom. The van der Waals surface area contributed by atoms with E-state index in [9.17, 15) is 24.3 Å². The van der Waals surface area contributed by atoms with Crippen LogP contribution in [0.15, 0.2) is 11.6 Å². The van der Waals surface area contributed by atoms with Crippen LogP contribution in [0.3, 0.4) is 0 Å². The van der Waals surface area contributed by atoms with Gasteiger partial charge in [0.2, 0.25) is 11.7 Å². The van der Waals surface area contributed by atoms with Gasteiger partial charge in [0.1, 0.15) is 5.60 Å². The van der Waals surface area contributed by atoms with E-state index in [1.54, 1.807) is 0 Å². The highest BCUT2D eigenvalue weighted by Crippen LogP contribution is 2.67. The number of rotatable bonds is 10. The van der Waals surface area contributed by atoms with Crippen LogP contribution >= 0.6 is 0 Å². The lowest BCUT2D eigenvalue weighted by Gasteiger charge is -2.58. The molecule has 9 nitrogen and oxygen atoms in total. The van der Waals surface area contributed by atoms with Crippen LogP contribution in [0.4, 0.5) is 0 Å². The van der Waals surface area contributed by atoms with E-state index < -0.39 is 35.7 Å². The molecule has 0 heterocycles. The lowest BCUT2D eigenvalue weighted by Crippen LogP contribution is -2.58. The Bertz CT molecular complexity index is 989. The summed E-state index contributed by atoms with van der Waals surface area (Å²) in [5, 5.41) is 14.4. The Labute approximate surface area is 225 Å². The molecule has 4 aliphatic rings. The summed E-state index contributed by atoms with van der Waals surface area (Å²) in [5.74, 6) is -0.141. The average molecular weight is 534 g/mol. The molecule has 0 unspecified atom stereocenters. The highest BCUT2D eigenvalue weighted by atomic mass is 16.7. The van der Waals surface area contributed by atoms with Crippen molar-refractivity contribution in [3.8, 4) is 0 Å². The van der Waals surface area contributed by atoms with Crippen LogP contribution in [0, 0.1) is 28.6 Å². The van der Waals surface area contributed by atoms with Gasteiger partial charge in [0, 0.05) is 32.5 Å². The molecule has 6 atom stereocenters. The van der Waals surface area contributed by atoms with Gasteiger partial charge in [-0.05, 0) is 74.2 Å². The molecule has 9 heteroatoms. The fraction of sp³-hybridized carbons (Fsp3) is 0.793. The summed E-state index contributed by atoms with van der Waals surface area (Å²) in [4.78, 5) is 49.6. The van der Waals surface area contributed by atoms with Crippen molar-refractivity contribution >= 4 is 23.4 Å². The van der Waals surface area contributed by atoms with Gasteiger partial charge in [-0.25, -0.2) is 0 Å².